The standard InChI is InChI=1S/C20H25N3O3/c1-14(2)18-6-4-5-7-19(18)26-13-12-21-20(25)23-17-10-8-16(9-11-17)22-15(3)24/h4-11,14H,12-13H2,1-3H3,(H,22,24)(H2,21,23,25). The molecule has 2 rings (SSSR count). The van der Waals surface area contributed by atoms with Gasteiger partial charge in [0.2, 0.25) is 5.91 Å². The SMILES string of the molecule is CC(=O)Nc1ccc(NC(=O)NCCOc2ccccc2C(C)C)cc1. The second-order valence-corrected chi connectivity index (χ2v) is 6.18. The molecule has 0 aliphatic heterocycles. The van der Waals surface area contributed by atoms with Gasteiger partial charge >= 0.3 is 6.03 Å². The average Bonchev–Trinajstić information content (AvgIpc) is 2.60. The van der Waals surface area contributed by atoms with Crippen molar-refractivity contribution < 1.29 is 14.3 Å². The van der Waals surface area contributed by atoms with E-state index in [1.54, 1.807) is 24.3 Å². The van der Waals surface area contributed by atoms with Gasteiger partial charge in [-0.1, -0.05) is 32.0 Å². The Hall–Kier alpha value is -3.02. The Kier molecular flexibility index (Phi) is 7.02. The summed E-state index contributed by atoms with van der Waals surface area (Å²) in [7, 11) is 0. The maximum absolute atomic E-state index is 11.9. The highest BCUT2D eigenvalue weighted by Crippen LogP contribution is 2.25. The first-order valence-corrected chi connectivity index (χ1v) is 8.60. The number of anilines is 2. The second kappa shape index (κ2) is 9.46. The van der Waals surface area contributed by atoms with Gasteiger partial charge in [-0.15, -0.1) is 0 Å². The van der Waals surface area contributed by atoms with E-state index < -0.39 is 0 Å². The Morgan fingerprint density at radius 1 is 0.962 bits per heavy atom. The quantitative estimate of drug-likeness (QED) is 0.658. The van der Waals surface area contributed by atoms with Crippen molar-refractivity contribution in [2.45, 2.75) is 26.7 Å². The largest absolute Gasteiger partial charge is 0.491 e. The van der Waals surface area contributed by atoms with Gasteiger partial charge < -0.3 is 20.7 Å². The number of carbonyl (C=O) groups is 2. The number of para-hydroxylation sites is 1. The number of hydrogen-bond donors (Lipinski definition) is 3. The molecule has 2 aromatic carbocycles. The molecule has 0 unspecified atom stereocenters. The molecule has 0 bridgehead atoms. The van der Waals surface area contributed by atoms with Crippen LogP contribution < -0.4 is 20.7 Å². The molecule has 0 aliphatic carbocycles. The Bertz CT molecular complexity index is 742. The van der Waals surface area contributed by atoms with Gasteiger partial charge in [-0.05, 0) is 41.8 Å². The molecular formula is C20H25N3O3. The molecule has 0 fully saturated rings. The molecule has 0 saturated carbocycles. The Balaban J connectivity index is 1.75. The third-order valence-corrected chi connectivity index (χ3v) is 3.65. The lowest BCUT2D eigenvalue weighted by molar-refractivity contribution is -0.114. The number of carbonyl (C=O) groups excluding carboxylic acids is 2. The number of hydrogen-bond acceptors (Lipinski definition) is 3. The molecular weight excluding hydrogens is 330 g/mol. The zero-order valence-electron chi connectivity index (χ0n) is 15.3. The molecule has 2 aromatic rings. The summed E-state index contributed by atoms with van der Waals surface area (Å²) in [5, 5.41) is 8.16. The van der Waals surface area contributed by atoms with Crippen LogP contribution in [0, 0.1) is 0 Å². The summed E-state index contributed by atoms with van der Waals surface area (Å²) in [4.78, 5) is 22.9. The van der Waals surface area contributed by atoms with Crippen LogP contribution in [0.25, 0.3) is 0 Å². The molecule has 26 heavy (non-hydrogen) atoms. The minimum absolute atomic E-state index is 0.137. The van der Waals surface area contributed by atoms with Crippen LogP contribution in [0.2, 0.25) is 0 Å². The predicted molar refractivity (Wildman–Crippen MR) is 104 cm³/mol. The molecule has 138 valence electrons. The van der Waals surface area contributed by atoms with E-state index in [-0.39, 0.29) is 11.9 Å². The van der Waals surface area contributed by atoms with Gasteiger partial charge in [-0.2, -0.15) is 0 Å². The van der Waals surface area contributed by atoms with E-state index in [4.69, 9.17) is 4.74 Å². The average molecular weight is 355 g/mol. The van der Waals surface area contributed by atoms with Crippen molar-refractivity contribution in [3.8, 4) is 5.75 Å². The first-order valence-electron chi connectivity index (χ1n) is 8.60. The zero-order valence-corrected chi connectivity index (χ0v) is 15.3. The summed E-state index contributed by atoms with van der Waals surface area (Å²) in [6.45, 7) is 6.46. The third kappa shape index (κ3) is 6.12. The molecule has 6 heteroatoms. The third-order valence-electron chi connectivity index (χ3n) is 3.65. The van der Waals surface area contributed by atoms with Crippen LogP contribution in [-0.4, -0.2) is 25.1 Å². The molecule has 3 amide bonds. The van der Waals surface area contributed by atoms with Gasteiger partial charge in [0.05, 0.1) is 6.54 Å². The Labute approximate surface area is 153 Å². The summed E-state index contributed by atoms with van der Waals surface area (Å²) in [6.07, 6.45) is 0. The Morgan fingerprint density at radius 3 is 2.19 bits per heavy atom. The lowest BCUT2D eigenvalue weighted by Gasteiger charge is -2.14. The maximum atomic E-state index is 11.9. The maximum Gasteiger partial charge on any atom is 0.319 e. The minimum atomic E-state index is -0.307. The van der Waals surface area contributed by atoms with Gasteiger partial charge in [-0.3, -0.25) is 4.79 Å². The van der Waals surface area contributed by atoms with Crippen molar-refractivity contribution in [1.82, 2.24) is 5.32 Å². The summed E-state index contributed by atoms with van der Waals surface area (Å²) >= 11 is 0. The molecule has 6 nitrogen and oxygen atoms in total. The number of ether oxygens (including phenoxy) is 1. The summed E-state index contributed by atoms with van der Waals surface area (Å²) in [5.41, 5.74) is 2.47. The van der Waals surface area contributed by atoms with Crippen LogP contribution in [0.1, 0.15) is 32.3 Å². The molecule has 0 atom stereocenters. The predicted octanol–water partition coefficient (Wildman–Crippen LogP) is 3.97. The monoisotopic (exact) mass is 355 g/mol. The first kappa shape index (κ1) is 19.3. The smallest absolute Gasteiger partial charge is 0.319 e. The molecule has 3 N–H and O–H groups in total. The van der Waals surface area contributed by atoms with Gasteiger partial charge in [0.25, 0.3) is 0 Å². The van der Waals surface area contributed by atoms with E-state index in [1.165, 1.54) is 6.92 Å². The summed E-state index contributed by atoms with van der Waals surface area (Å²) < 4.78 is 5.77. The fourth-order valence-electron chi connectivity index (χ4n) is 2.43. The van der Waals surface area contributed by atoms with Crippen molar-refractivity contribution in [1.29, 1.82) is 0 Å². The zero-order chi connectivity index (χ0) is 18.9. The van der Waals surface area contributed by atoms with E-state index in [9.17, 15) is 9.59 Å². The number of urea groups is 1. The lowest BCUT2D eigenvalue weighted by Crippen LogP contribution is -2.32. The van der Waals surface area contributed by atoms with E-state index in [2.05, 4.69) is 29.8 Å². The number of benzene rings is 2. The number of rotatable bonds is 7. The first-order chi connectivity index (χ1) is 12.5. The van der Waals surface area contributed by atoms with Crippen molar-refractivity contribution in [2.75, 3.05) is 23.8 Å². The van der Waals surface area contributed by atoms with Crippen LogP contribution >= 0.6 is 0 Å². The van der Waals surface area contributed by atoms with E-state index in [1.807, 2.05) is 24.3 Å². The van der Waals surface area contributed by atoms with E-state index in [0.717, 1.165) is 11.3 Å². The number of amides is 3. The van der Waals surface area contributed by atoms with Crippen molar-refractivity contribution in [2.24, 2.45) is 0 Å². The van der Waals surface area contributed by atoms with Crippen LogP contribution in [-0.2, 0) is 4.79 Å². The van der Waals surface area contributed by atoms with Crippen molar-refractivity contribution in [3.05, 3.63) is 54.1 Å². The highest BCUT2D eigenvalue weighted by atomic mass is 16.5. The summed E-state index contributed by atoms with van der Waals surface area (Å²) in [5.74, 6) is 1.09. The normalized spacial score (nSPS) is 10.3. The van der Waals surface area contributed by atoms with Crippen LogP contribution in [0.3, 0.4) is 0 Å². The van der Waals surface area contributed by atoms with Gasteiger partial charge in [0.15, 0.2) is 0 Å². The fourth-order valence-corrected chi connectivity index (χ4v) is 2.43. The summed E-state index contributed by atoms with van der Waals surface area (Å²) in [6, 6.07) is 14.5. The molecule has 0 heterocycles. The molecule has 0 radical (unpaired) electrons. The van der Waals surface area contributed by atoms with E-state index in [0.29, 0.717) is 30.4 Å². The van der Waals surface area contributed by atoms with Crippen molar-refractivity contribution in [3.63, 3.8) is 0 Å². The number of nitrogens with one attached hydrogen (secondary N) is 3. The fraction of sp³-hybridized carbons (Fsp3) is 0.300. The van der Waals surface area contributed by atoms with Gasteiger partial charge in [-0.25, -0.2) is 4.79 Å². The van der Waals surface area contributed by atoms with E-state index >= 15 is 0 Å². The minimum Gasteiger partial charge on any atom is -0.491 e. The second-order valence-electron chi connectivity index (χ2n) is 6.18. The van der Waals surface area contributed by atoms with Crippen molar-refractivity contribution >= 4 is 23.3 Å². The highest BCUT2D eigenvalue weighted by molar-refractivity contribution is 5.91. The van der Waals surface area contributed by atoms with Crippen LogP contribution in [0.15, 0.2) is 48.5 Å². The molecule has 0 aliphatic rings. The molecule has 0 aromatic heterocycles. The lowest BCUT2D eigenvalue weighted by atomic mass is 10.0. The van der Waals surface area contributed by atoms with Gasteiger partial charge in [0, 0.05) is 18.3 Å². The Morgan fingerprint density at radius 2 is 1.58 bits per heavy atom. The molecule has 0 spiro atoms. The van der Waals surface area contributed by atoms with Gasteiger partial charge in [0.1, 0.15) is 12.4 Å². The molecule has 0 saturated heterocycles. The highest BCUT2D eigenvalue weighted by Gasteiger charge is 2.07. The van der Waals surface area contributed by atoms with Crippen LogP contribution in [0.5, 0.6) is 5.75 Å². The topological polar surface area (TPSA) is 79.5 Å². The van der Waals surface area contributed by atoms with Crippen LogP contribution in [0.4, 0.5) is 16.2 Å².